The van der Waals surface area contributed by atoms with E-state index >= 15 is 0 Å². The number of hydrogen-bond acceptors (Lipinski definition) is 4. The molecule has 0 saturated carbocycles. The van der Waals surface area contributed by atoms with Crippen LogP contribution in [0.1, 0.15) is 19.8 Å². The minimum atomic E-state index is -0.985. The smallest absolute Gasteiger partial charge is 0.335 e. The van der Waals surface area contributed by atoms with Crippen molar-refractivity contribution in [3.8, 4) is 0 Å². The van der Waals surface area contributed by atoms with Gasteiger partial charge in [-0.15, -0.1) is 0 Å². The summed E-state index contributed by atoms with van der Waals surface area (Å²) in [5, 5.41) is 8.59. The van der Waals surface area contributed by atoms with Gasteiger partial charge in [0.2, 0.25) is 0 Å². The number of ether oxygens (including phenoxy) is 3. The van der Waals surface area contributed by atoms with Crippen molar-refractivity contribution in [2.45, 2.75) is 32.2 Å². The van der Waals surface area contributed by atoms with Crippen LogP contribution in [0.25, 0.3) is 0 Å². The van der Waals surface area contributed by atoms with Crippen LogP contribution in [0.3, 0.4) is 0 Å². The maximum atomic E-state index is 10.5. The Labute approximate surface area is 82.9 Å². The third-order valence-corrected chi connectivity index (χ3v) is 1.92. The van der Waals surface area contributed by atoms with Crippen LogP contribution in [0.5, 0.6) is 0 Å². The van der Waals surface area contributed by atoms with Crippen LogP contribution in [-0.2, 0) is 19.0 Å². The number of carbonyl (C=O) groups is 1. The average Bonchev–Trinajstić information content (AvgIpc) is 2.61. The van der Waals surface area contributed by atoms with E-state index in [-0.39, 0.29) is 6.61 Å². The number of hydrogen-bond donors (Lipinski definition) is 1. The molecule has 1 N–H and O–H groups in total. The third kappa shape index (κ3) is 3.61. The predicted molar refractivity (Wildman–Crippen MR) is 48.0 cm³/mol. The zero-order valence-corrected chi connectivity index (χ0v) is 8.27. The Morgan fingerprint density at radius 3 is 3.00 bits per heavy atom. The van der Waals surface area contributed by atoms with E-state index in [1.165, 1.54) is 0 Å². The summed E-state index contributed by atoms with van der Waals surface area (Å²) in [6.07, 6.45) is 0.710. The Bertz CT molecular complexity index is 182. The van der Waals surface area contributed by atoms with Gasteiger partial charge >= 0.3 is 5.97 Å². The summed E-state index contributed by atoms with van der Waals surface area (Å²) in [4.78, 5) is 10.5. The van der Waals surface area contributed by atoms with E-state index in [1.54, 1.807) is 0 Å². The van der Waals surface area contributed by atoms with Crippen molar-refractivity contribution in [2.75, 3.05) is 19.8 Å². The molecule has 0 aromatic carbocycles. The van der Waals surface area contributed by atoms with Gasteiger partial charge in [-0.25, -0.2) is 4.79 Å². The second-order valence-electron chi connectivity index (χ2n) is 3.15. The average molecular weight is 204 g/mol. The van der Waals surface area contributed by atoms with E-state index in [9.17, 15) is 4.79 Å². The predicted octanol–water partition coefficient (Wildman–Crippen LogP) is 0.629. The van der Waals surface area contributed by atoms with Gasteiger partial charge in [0.05, 0.1) is 13.2 Å². The van der Waals surface area contributed by atoms with E-state index in [4.69, 9.17) is 19.3 Å². The van der Waals surface area contributed by atoms with Crippen molar-refractivity contribution < 1.29 is 24.1 Å². The molecule has 0 aromatic rings. The van der Waals surface area contributed by atoms with Crippen LogP contribution in [0.2, 0.25) is 0 Å². The summed E-state index contributed by atoms with van der Waals surface area (Å²) in [5.74, 6) is -0.985. The first-order valence-electron chi connectivity index (χ1n) is 4.81. The molecule has 1 aliphatic heterocycles. The molecule has 1 fully saturated rings. The molecule has 1 rings (SSSR count). The topological polar surface area (TPSA) is 65.0 Å². The lowest BCUT2D eigenvalue weighted by Gasteiger charge is -2.09. The Hall–Kier alpha value is -0.650. The number of aliphatic carboxylic acids is 1. The minimum absolute atomic E-state index is 0.108. The number of carboxylic acid groups (broad SMARTS) is 1. The quantitative estimate of drug-likeness (QED) is 0.643. The van der Waals surface area contributed by atoms with Gasteiger partial charge < -0.3 is 19.3 Å². The summed E-state index contributed by atoms with van der Waals surface area (Å²) >= 11 is 0. The van der Waals surface area contributed by atoms with E-state index in [0.717, 1.165) is 12.8 Å². The van der Waals surface area contributed by atoms with Crippen LogP contribution in [0.4, 0.5) is 0 Å². The Balaban J connectivity index is 2.07. The molecule has 0 amide bonds. The third-order valence-electron chi connectivity index (χ3n) is 1.92. The first-order chi connectivity index (χ1) is 6.74. The number of rotatable bonds is 6. The first-order valence-corrected chi connectivity index (χ1v) is 4.81. The molecule has 14 heavy (non-hydrogen) atoms. The lowest BCUT2D eigenvalue weighted by atomic mass is 10.4. The lowest BCUT2D eigenvalue weighted by molar-refractivity contribution is -0.154. The molecular formula is C9H16O5. The normalized spacial score (nSPS) is 26.6. The fraction of sp³-hybridized carbons (Fsp3) is 0.889. The SMILES string of the molecule is CCCCOC[C@H]1OC[C@@H](C(=O)O)O1. The summed E-state index contributed by atoms with van der Waals surface area (Å²) in [6.45, 7) is 3.16. The standard InChI is InChI=1S/C9H16O5/c1-2-3-4-12-6-8-13-5-7(14-8)9(10)11/h7-8H,2-6H2,1H3,(H,10,11)/t7-,8-/m0/s1. The van der Waals surface area contributed by atoms with Crippen molar-refractivity contribution in [1.29, 1.82) is 0 Å². The van der Waals surface area contributed by atoms with E-state index in [0.29, 0.717) is 13.2 Å². The molecule has 1 saturated heterocycles. The number of unbranched alkanes of at least 4 members (excludes halogenated alkanes) is 1. The molecule has 0 aliphatic carbocycles. The Morgan fingerprint density at radius 2 is 2.43 bits per heavy atom. The second kappa shape index (κ2) is 5.95. The Kier molecular flexibility index (Phi) is 4.86. The molecule has 0 radical (unpaired) electrons. The molecule has 82 valence electrons. The van der Waals surface area contributed by atoms with E-state index < -0.39 is 18.4 Å². The van der Waals surface area contributed by atoms with Crippen molar-refractivity contribution >= 4 is 5.97 Å². The van der Waals surface area contributed by atoms with E-state index in [1.807, 2.05) is 0 Å². The van der Waals surface area contributed by atoms with Crippen molar-refractivity contribution in [1.82, 2.24) is 0 Å². The molecule has 2 atom stereocenters. The zero-order chi connectivity index (χ0) is 10.4. The van der Waals surface area contributed by atoms with Crippen molar-refractivity contribution in [3.63, 3.8) is 0 Å². The summed E-state index contributed by atoms with van der Waals surface area (Å²) < 4.78 is 15.4. The fourth-order valence-corrected chi connectivity index (χ4v) is 1.10. The molecule has 0 aromatic heterocycles. The molecule has 0 bridgehead atoms. The van der Waals surface area contributed by atoms with Crippen LogP contribution in [0.15, 0.2) is 0 Å². The minimum Gasteiger partial charge on any atom is -0.479 e. The first kappa shape index (κ1) is 11.4. The van der Waals surface area contributed by atoms with Crippen LogP contribution >= 0.6 is 0 Å². The maximum Gasteiger partial charge on any atom is 0.335 e. The number of carboxylic acids is 1. The van der Waals surface area contributed by atoms with Gasteiger partial charge in [0.25, 0.3) is 0 Å². The monoisotopic (exact) mass is 204 g/mol. The molecule has 0 spiro atoms. The van der Waals surface area contributed by atoms with Crippen molar-refractivity contribution in [2.24, 2.45) is 0 Å². The van der Waals surface area contributed by atoms with E-state index in [2.05, 4.69) is 6.92 Å². The van der Waals surface area contributed by atoms with Crippen molar-refractivity contribution in [3.05, 3.63) is 0 Å². The van der Waals surface area contributed by atoms with Crippen LogP contribution in [0, 0.1) is 0 Å². The molecule has 0 unspecified atom stereocenters. The molecule has 5 nitrogen and oxygen atoms in total. The summed E-state index contributed by atoms with van der Waals surface area (Å²) in [7, 11) is 0. The van der Waals surface area contributed by atoms with Gasteiger partial charge in [-0.05, 0) is 6.42 Å². The van der Waals surface area contributed by atoms with Gasteiger partial charge in [0, 0.05) is 6.61 Å². The molecule has 1 heterocycles. The lowest BCUT2D eigenvalue weighted by Crippen LogP contribution is -2.24. The molecule has 1 aliphatic rings. The van der Waals surface area contributed by atoms with Gasteiger partial charge in [-0.1, -0.05) is 13.3 Å². The highest BCUT2D eigenvalue weighted by Crippen LogP contribution is 2.11. The largest absolute Gasteiger partial charge is 0.479 e. The molecule has 5 heteroatoms. The van der Waals surface area contributed by atoms with Crippen LogP contribution in [-0.4, -0.2) is 43.3 Å². The van der Waals surface area contributed by atoms with Gasteiger partial charge in [0.1, 0.15) is 0 Å². The highest BCUT2D eigenvalue weighted by atomic mass is 16.7. The zero-order valence-electron chi connectivity index (χ0n) is 8.27. The van der Waals surface area contributed by atoms with Gasteiger partial charge in [-0.3, -0.25) is 0 Å². The summed E-state index contributed by atoms with van der Waals surface area (Å²) in [6, 6.07) is 0. The maximum absolute atomic E-state index is 10.5. The van der Waals surface area contributed by atoms with Gasteiger partial charge in [-0.2, -0.15) is 0 Å². The highest BCUT2D eigenvalue weighted by molar-refractivity contribution is 5.72. The second-order valence-corrected chi connectivity index (χ2v) is 3.15. The molecular weight excluding hydrogens is 188 g/mol. The van der Waals surface area contributed by atoms with Crippen LogP contribution < -0.4 is 0 Å². The fourth-order valence-electron chi connectivity index (χ4n) is 1.10. The highest BCUT2D eigenvalue weighted by Gasteiger charge is 2.31. The van der Waals surface area contributed by atoms with Gasteiger partial charge in [0.15, 0.2) is 12.4 Å². The Morgan fingerprint density at radius 1 is 1.64 bits per heavy atom. The summed E-state index contributed by atoms with van der Waals surface area (Å²) in [5.41, 5.74) is 0.